The van der Waals surface area contributed by atoms with Crippen molar-refractivity contribution in [2.24, 2.45) is 0 Å². The lowest BCUT2D eigenvalue weighted by atomic mass is 9.83. The summed E-state index contributed by atoms with van der Waals surface area (Å²) >= 11 is 0. The molecule has 1 aliphatic rings. The highest BCUT2D eigenvalue weighted by Gasteiger charge is 2.40. The van der Waals surface area contributed by atoms with Crippen LogP contribution < -0.4 is 4.72 Å². The van der Waals surface area contributed by atoms with Gasteiger partial charge in [-0.3, -0.25) is 4.72 Å². The quantitative estimate of drug-likeness (QED) is 0.700. The van der Waals surface area contributed by atoms with Crippen molar-refractivity contribution in [2.45, 2.75) is 58.0 Å². The highest BCUT2D eigenvalue weighted by molar-refractivity contribution is 7.92. The first-order valence-electron chi connectivity index (χ1n) is 8.81. The molecule has 0 aliphatic carbocycles. The maximum absolute atomic E-state index is 12.6. The lowest BCUT2D eigenvalue weighted by Gasteiger charge is -2.35. The van der Waals surface area contributed by atoms with Crippen LogP contribution in [0.25, 0.3) is 0 Å². The SMILES string of the molecule is CCC[C@@]1(C)CC(O)=C([C@@H](CC)c2cccc(NS(C)(=O)=O)c2)C(=O)O1. The van der Waals surface area contributed by atoms with Crippen LogP contribution in [-0.2, 0) is 19.6 Å². The summed E-state index contributed by atoms with van der Waals surface area (Å²) in [4.78, 5) is 12.6. The summed E-state index contributed by atoms with van der Waals surface area (Å²) in [6, 6.07) is 6.86. The van der Waals surface area contributed by atoms with Crippen LogP contribution in [0, 0.1) is 0 Å². The number of hydrogen-bond donors (Lipinski definition) is 2. The molecule has 2 rings (SSSR count). The molecule has 1 aromatic rings. The minimum Gasteiger partial charge on any atom is -0.512 e. The van der Waals surface area contributed by atoms with Crippen LogP contribution in [0.4, 0.5) is 5.69 Å². The Balaban J connectivity index is 2.39. The third-order valence-electron chi connectivity index (χ3n) is 4.54. The molecule has 0 amide bonds. The molecule has 0 saturated heterocycles. The normalized spacial score (nSPS) is 22.1. The number of carbonyl (C=O) groups excluding carboxylic acids is 1. The Labute approximate surface area is 155 Å². The molecule has 0 fully saturated rings. The maximum atomic E-state index is 12.6. The zero-order chi connectivity index (χ0) is 19.5. The maximum Gasteiger partial charge on any atom is 0.338 e. The standard InChI is InChI=1S/C19H27NO5S/c1-5-10-19(3)12-16(21)17(18(22)25-19)15(6-2)13-8-7-9-14(11-13)20-26(4,23)24/h7-9,11,15,20-21H,5-6,10,12H2,1-4H3/t15-,19-/m0/s1. The van der Waals surface area contributed by atoms with Crippen molar-refractivity contribution >= 4 is 21.7 Å². The molecule has 0 radical (unpaired) electrons. The number of anilines is 1. The van der Waals surface area contributed by atoms with Gasteiger partial charge < -0.3 is 9.84 Å². The van der Waals surface area contributed by atoms with E-state index in [1.807, 2.05) is 26.8 Å². The van der Waals surface area contributed by atoms with E-state index in [0.717, 1.165) is 18.2 Å². The van der Waals surface area contributed by atoms with Crippen molar-refractivity contribution < 1.29 is 23.1 Å². The van der Waals surface area contributed by atoms with E-state index in [2.05, 4.69) is 4.72 Å². The molecule has 144 valence electrons. The van der Waals surface area contributed by atoms with Gasteiger partial charge in [-0.2, -0.15) is 0 Å². The number of aliphatic hydroxyl groups is 1. The van der Waals surface area contributed by atoms with Crippen molar-refractivity contribution in [1.82, 2.24) is 0 Å². The number of sulfonamides is 1. The van der Waals surface area contributed by atoms with Crippen LogP contribution in [-0.4, -0.2) is 31.4 Å². The largest absolute Gasteiger partial charge is 0.512 e. The van der Waals surface area contributed by atoms with Crippen molar-refractivity contribution in [3.05, 3.63) is 41.2 Å². The van der Waals surface area contributed by atoms with Gasteiger partial charge in [-0.05, 0) is 37.5 Å². The van der Waals surface area contributed by atoms with Gasteiger partial charge in [0, 0.05) is 18.0 Å². The number of hydrogen-bond acceptors (Lipinski definition) is 5. The first kappa shape index (κ1) is 20.3. The second kappa shape index (κ2) is 7.70. The molecule has 0 spiro atoms. The summed E-state index contributed by atoms with van der Waals surface area (Å²) in [5, 5.41) is 10.6. The van der Waals surface area contributed by atoms with Crippen LogP contribution in [0.1, 0.15) is 57.9 Å². The third-order valence-corrected chi connectivity index (χ3v) is 5.15. The second-order valence-corrected chi connectivity index (χ2v) is 8.84. The highest BCUT2D eigenvalue weighted by Crippen LogP contribution is 2.39. The zero-order valence-corrected chi connectivity index (χ0v) is 16.5. The highest BCUT2D eigenvalue weighted by atomic mass is 32.2. The molecule has 1 aromatic carbocycles. The number of esters is 1. The van der Waals surface area contributed by atoms with Gasteiger partial charge >= 0.3 is 5.97 Å². The van der Waals surface area contributed by atoms with Crippen molar-refractivity contribution in [2.75, 3.05) is 11.0 Å². The van der Waals surface area contributed by atoms with E-state index in [-0.39, 0.29) is 17.3 Å². The Bertz CT molecular complexity index is 815. The molecule has 6 nitrogen and oxygen atoms in total. The minimum absolute atomic E-state index is 0.0607. The number of aliphatic hydroxyl groups excluding tert-OH is 1. The lowest BCUT2D eigenvalue weighted by Crippen LogP contribution is -2.38. The van der Waals surface area contributed by atoms with Crippen molar-refractivity contribution in [3.8, 4) is 0 Å². The van der Waals surface area contributed by atoms with E-state index >= 15 is 0 Å². The van der Waals surface area contributed by atoms with Crippen molar-refractivity contribution in [3.63, 3.8) is 0 Å². The van der Waals surface area contributed by atoms with Crippen LogP contribution >= 0.6 is 0 Å². The fourth-order valence-electron chi connectivity index (χ4n) is 3.53. The summed E-state index contributed by atoms with van der Waals surface area (Å²) in [5.74, 6) is -0.807. The number of ether oxygens (including phenoxy) is 1. The lowest BCUT2D eigenvalue weighted by molar-refractivity contribution is -0.158. The predicted octanol–water partition coefficient (Wildman–Crippen LogP) is 3.87. The summed E-state index contributed by atoms with van der Waals surface area (Å²) in [7, 11) is -3.40. The van der Waals surface area contributed by atoms with E-state index in [4.69, 9.17) is 4.74 Å². The fourth-order valence-corrected chi connectivity index (χ4v) is 4.09. The molecular weight excluding hydrogens is 354 g/mol. The zero-order valence-electron chi connectivity index (χ0n) is 15.7. The van der Waals surface area contributed by atoms with Crippen LogP contribution in [0.3, 0.4) is 0 Å². The summed E-state index contributed by atoms with van der Waals surface area (Å²) in [5.41, 5.74) is 0.747. The summed E-state index contributed by atoms with van der Waals surface area (Å²) in [6.45, 7) is 5.75. The molecule has 0 unspecified atom stereocenters. The molecule has 0 bridgehead atoms. The molecule has 1 aliphatic heterocycles. The Hall–Kier alpha value is -2.02. The Kier molecular flexibility index (Phi) is 6.01. The monoisotopic (exact) mass is 381 g/mol. The van der Waals surface area contributed by atoms with Crippen molar-refractivity contribution in [1.29, 1.82) is 0 Å². The van der Waals surface area contributed by atoms with Gasteiger partial charge in [-0.1, -0.05) is 32.4 Å². The third kappa shape index (κ3) is 4.78. The first-order valence-corrected chi connectivity index (χ1v) is 10.7. The molecule has 1 heterocycles. The summed E-state index contributed by atoms with van der Waals surface area (Å²) in [6.07, 6.45) is 3.48. The van der Waals surface area contributed by atoms with Crippen LogP contribution in [0.5, 0.6) is 0 Å². The van der Waals surface area contributed by atoms with E-state index in [1.54, 1.807) is 18.2 Å². The van der Waals surface area contributed by atoms with E-state index in [1.165, 1.54) is 0 Å². The van der Waals surface area contributed by atoms with Crippen LogP contribution in [0.2, 0.25) is 0 Å². The molecule has 2 N–H and O–H groups in total. The van der Waals surface area contributed by atoms with Gasteiger partial charge in [0.1, 0.15) is 11.4 Å². The van der Waals surface area contributed by atoms with Gasteiger partial charge in [0.2, 0.25) is 10.0 Å². The number of benzene rings is 1. The second-order valence-electron chi connectivity index (χ2n) is 7.09. The number of nitrogens with one attached hydrogen (secondary N) is 1. The predicted molar refractivity (Wildman–Crippen MR) is 102 cm³/mol. The topological polar surface area (TPSA) is 92.7 Å². The molecule has 26 heavy (non-hydrogen) atoms. The molecule has 0 aromatic heterocycles. The van der Waals surface area contributed by atoms with Crippen LogP contribution in [0.15, 0.2) is 35.6 Å². The number of carbonyl (C=O) groups is 1. The van der Waals surface area contributed by atoms with E-state index in [9.17, 15) is 18.3 Å². The van der Waals surface area contributed by atoms with Gasteiger partial charge in [0.15, 0.2) is 0 Å². The molecule has 0 saturated carbocycles. The van der Waals surface area contributed by atoms with E-state index in [0.29, 0.717) is 24.9 Å². The number of cyclic esters (lactones) is 1. The first-order chi connectivity index (χ1) is 12.1. The average Bonchev–Trinajstić information content (AvgIpc) is 2.49. The van der Waals surface area contributed by atoms with Gasteiger partial charge in [0.05, 0.1) is 11.8 Å². The smallest absolute Gasteiger partial charge is 0.338 e. The Morgan fingerprint density at radius 2 is 2.04 bits per heavy atom. The van der Waals surface area contributed by atoms with Gasteiger partial charge in [-0.25, -0.2) is 13.2 Å². The number of rotatable bonds is 7. The Morgan fingerprint density at radius 3 is 2.58 bits per heavy atom. The fraction of sp³-hybridized carbons (Fsp3) is 0.526. The summed E-state index contributed by atoms with van der Waals surface area (Å²) < 4.78 is 31.0. The molecular formula is C19H27NO5S. The molecule has 7 heteroatoms. The minimum atomic E-state index is -3.40. The van der Waals surface area contributed by atoms with E-state index < -0.39 is 21.6 Å². The average molecular weight is 381 g/mol. The van der Waals surface area contributed by atoms with Gasteiger partial charge in [0.25, 0.3) is 0 Å². The molecule has 2 atom stereocenters. The van der Waals surface area contributed by atoms with Gasteiger partial charge in [-0.15, -0.1) is 0 Å². The Morgan fingerprint density at radius 1 is 1.35 bits per heavy atom.